The Balaban J connectivity index is 1.86. The van der Waals surface area contributed by atoms with Gasteiger partial charge in [-0.2, -0.15) is 0 Å². The first-order chi connectivity index (χ1) is 10.3. The molecular formula is C16H22N2O3S. The molecule has 2 atom stereocenters. The highest BCUT2D eigenvalue weighted by atomic mass is 32.2. The summed E-state index contributed by atoms with van der Waals surface area (Å²) in [7, 11) is -3.32. The Hall–Kier alpha value is -1.40. The van der Waals surface area contributed by atoms with Gasteiger partial charge in [0.1, 0.15) is 0 Å². The van der Waals surface area contributed by atoms with Gasteiger partial charge < -0.3 is 10.2 Å². The highest BCUT2D eigenvalue weighted by molar-refractivity contribution is 7.90. The van der Waals surface area contributed by atoms with Crippen molar-refractivity contribution >= 4 is 15.7 Å². The minimum Gasteiger partial charge on any atom is -0.337 e. The maximum Gasteiger partial charge on any atom is 0.253 e. The molecule has 2 bridgehead atoms. The quantitative estimate of drug-likeness (QED) is 0.893. The highest BCUT2D eigenvalue weighted by Gasteiger charge is 2.31. The van der Waals surface area contributed by atoms with Crippen molar-refractivity contribution in [1.29, 1.82) is 0 Å². The van der Waals surface area contributed by atoms with E-state index < -0.39 is 9.84 Å². The van der Waals surface area contributed by atoms with E-state index >= 15 is 0 Å². The number of benzene rings is 1. The lowest BCUT2D eigenvalue weighted by molar-refractivity contribution is 0.0748. The largest absolute Gasteiger partial charge is 0.337 e. The van der Waals surface area contributed by atoms with E-state index in [1.54, 1.807) is 19.1 Å². The van der Waals surface area contributed by atoms with Crippen molar-refractivity contribution < 1.29 is 13.2 Å². The number of carbonyl (C=O) groups excluding carboxylic acids is 1. The second kappa shape index (κ2) is 5.66. The fourth-order valence-corrected chi connectivity index (χ4v) is 4.44. The molecule has 0 saturated carbocycles. The number of amides is 1. The van der Waals surface area contributed by atoms with Crippen LogP contribution in [0.1, 0.15) is 35.2 Å². The van der Waals surface area contributed by atoms with Gasteiger partial charge in [-0.25, -0.2) is 8.42 Å². The number of nitrogens with zero attached hydrogens (tertiary/aromatic N) is 1. The van der Waals surface area contributed by atoms with Crippen molar-refractivity contribution in [2.75, 3.05) is 19.3 Å². The second-order valence-electron chi connectivity index (χ2n) is 6.43. The molecule has 3 rings (SSSR count). The first-order valence-corrected chi connectivity index (χ1v) is 9.60. The van der Waals surface area contributed by atoms with Crippen LogP contribution in [-0.2, 0) is 9.84 Å². The number of nitrogens with one attached hydrogen (secondary N) is 1. The summed E-state index contributed by atoms with van der Waals surface area (Å²) in [5, 5.41) is 3.54. The molecule has 2 saturated heterocycles. The predicted octanol–water partition coefficient (Wildman–Crippen LogP) is 1.37. The molecule has 1 aromatic rings. The lowest BCUT2D eigenvalue weighted by atomic mass is 10.1. The standard InChI is InChI=1S/C16H22N2O3S/c1-11-3-4-12(9-15(11)22(2,20)21)16(19)18-8-7-13-5-6-14(10-18)17-13/h3-4,9,13-14,17H,5-8,10H2,1-2H3. The maximum absolute atomic E-state index is 12.7. The maximum atomic E-state index is 12.7. The fraction of sp³-hybridized carbons (Fsp3) is 0.562. The zero-order valence-electron chi connectivity index (χ0n) is 13.0. The van der Waals surface area contributed by atoms with E-state index in [1.165, 1.54) is 18.7 Å². The Morgan fingerprint density at radius 2 is 1.95 bits per heavy atom. The molecule has 22 heavy (non-hydrogen) atoms. The molecule has 120 valence electrons. The van der Waals surface area contributed by atoms with E-state index in [9.17, 15) is 13.2 Å². The Morgan fingerprint density at radius 3 is 2.68 bits per heavy atom. The van der Waals surface area contributed by atoms with Crippen molar-refractivity contribution in [2.24, 2.45) is 0 Å². The predicted molar refractivity (Wildman–Crippen MR) is 84.8 cm³/mol. The van der Waals surface area contributed by atoms with Crippen LogP contribution in [-0.4, -0.2) is 50.7 Å². The number of likely N-dealkylation sites (tertiary alicyclic amines) is 1. The molecule has 2 unspecified atom stereocenters. The number of fused-ring (bicyclic) bond motifs is 2. The molecule has 1 amide bonds. The normalized spacial score (nSPS) is 25.1. The van der Waals surface area contributed by atoms with Gasteiger partial charge in [-0.3, -0.25) is 4.79 Å². The van der Waals surface area contributed by atoms with E-state index in [2.05, 4.69) is 5.32 Å². The van der Waals surface area contributed by atoms with Gasteiger partial charge in [-0.05, 0) is 43.9 Å². The number of carbonyl (C=O) groups is 1. The van der Waals surface area contributed by atoms with Gasteiger partial charge in [-0.15, -0.1) is 0 Å². The molecule has 0 aromatic heterocycles. The average molecular weight is 322 g/mol. The number of hydrogen-bond acceptors (Lipinski definition) is 4. The summed E-state index contributed by atoms with van der Waals surface area (Å²) in [6, 6.07) is 5.85. The third-order valence-electron chi connectivity index (χ3n) is 4.65. The molecule has 2 heterocycles. The third-order valence-corrected chi connectivity index (χ3v) is 5.88. The van der Waals surface area contributed by atoms with Crippen LogP contribution in [0.25, 0.3) is 0 Å². The minimum absolute atomic E-state index is 0.0701. The van der Waals surface area contributed by atoms with Crippen molar-refractivity contribution in [3.05, 3.63) is 29.3 Å². The topological polar surface area (TPSA) is 66.5 Å². The van der Waals surface area contributed by atoms with Crippen molar-refractivity contribution in [1.82, 2.24) is 10.2 Å². The number of aryl methyl sites for hydroxylation is 1. The van der Waals surface area contributed by atoms with Crippen LogP contribution in [0.15, 0.2) is 23.1 Å². The van der Waals surface area contributed by atoms with Crippen molar-refractivity contribution in [3.63, 3.8) is 0 Å². The van der Waals surface area contributed by atoms with Crippen LogP contribution < -0.4 is 5.32 Å². The molecule has 2 aliphatic rings. The molecule has 5 nitrogen and oxygen atoms in total. The number of hydrogen-bond donors (Lipinski definition) is 1. The van der Waals surface area contributed by atoms with E-state index in [-0.39, 0.29) is 10.8 Å². The highest BCUT2D eigenvalue weighted by Crippen LogP contribution is 2.23. The molecule has 6 heteroatoms. The molecule has 0 radical (unpaired) electrons. The molecule has 2 fully saturated rings. The van der Waals surface area contributed by atoms with E-state index in [1.807, 2.05) is 4.90 Å². The van der Waals surface area contributed by atoms with Crippen LogP contribution >= 0.6 is 0 Å². The van der Waals surface area contributed by atoms with Crippen LogP contribution in [0.5, 0.6) is 0 Å². The lowest BCUT2D eigenvalue weighted by Crippen LogP contribution is -2.39. The first-order valence-electron chi connectivity index (χ1n) is 7.70. The van der Waals surface area contributed by atoms with Crippen LogP contribution in [0.4, 0.5) is 0 Å². The van der Waals surface area contributed by atoms with Crippen molar-refractivity contribution in [3.8, 4) is 0 Å². The summed E-state index contributed by atoms with van der Waals surface area (Å²) in [6.45, 7) is 3.19. The van der Waals surface area contributed by atoms with Crippen LogP contribution in [0.3, 0.4) is 0 Å². The Morgan fingerprint density at radius 1 is 1.23 bits per heavy atom. The first kappa shape index (κ1) is 15.5. The molecule has 1 aromatic carbocycles. The summed E-state index contributed by atoms with van der Waals surface area (Å²) in [6.07, 6.45) is 4.44. The fourth-order valence-electron chi connectivity index (χ4n) is 3.44. The molecule has 1 N–H and O–H groups in total. The van der Waals surface area contributed by atoms with E-state index in [0.29, 0.717) is 29.8 Å². The zero-order valence-corrected chi connectivity index (χ0v) is 13.8. The van der Waals surface area contributed by atoms with Gasteiger partial charge in [-0.1, -0.05) is 6.07 Å². The number of sulfone groups is 1. The SMILES string of the molecule is Cc1ccc(C(=O)N2CCC3CCC(C2)N3)cc1S(C)(=O)=O. The Bertz CT molecular complexity index is 699. The summed E-state index contributed by atoms with van der Waals surface area (Å²) >= 11 is 0. The van der Waals surface area contributed by atoms with Gasteiger partial charge >= 0.3 is 0 Å². The van der Waals surface area contributed by atoms with Gasteiger partial charge in [0.15, 0.2) is 9.84 Å². The molecular weight excluding hydrogens is 300 g/mol. The molecule has 0 aliphatic carbocycles. The van der Waals surface area contributed by atoms with Gasteiger partial charge in [0, 0.05) is 37.0 Å². The Labute approximate surface area is 131 Å². The minimum atomic E-state index is -3.32. The third kappa shape index (κ3) is 3.03. The van der Waals surface area contributed by atoms with E-state index in [0.717, 1.165) is 19.4 Å². The Kier molecular flexibility index (Phi) is 3.99. The summed E-state index contributed by atoms with van der Waals surface area (Å²) in [5.41, 5.74) is 1.14. The van der Waals surface area contributed by atoms with E-state index in [4.69, 9.17) is 0 Å². The van der Waals surface area contributed by atoms with Crippen molar-refractivity contribution in [2.45, 2.75) is 43.2 Å². The monoisotopic (exact) mass is 322 g/mol. The van der Waals surface area contributed by atoms with Gasteiger partial charge in [0.25, 0.3) is 5.91 Å². The van der Waals surface area contributed by atoms with Gasteiger partial charge in [0.2, 0.25) is 0 Å². The molecule has 2 aliphatic heterocycles. The summed E-state index contributed by atoms with van der Waals surface area (Å²) < 4.78 is 23.7. The summed E-state index contributed by atoms with van der Waals surface area (Å²) in [4.78, 5) is 14.8. The summed E-state index contributed by atoms with van der Waals surface area (Å²) in [5.74, 6) is -0.0701. The zero-order chi connectivity index (χ0) is 15.9. The smallest absolute Gasteiger partial charge is 0.253 e. The molecule has 0 spiro atoms. The van der Waals surface area contributed by atoms with Crippen LogP contribution in [0, 0.1) is 6.92 Å². The second-order valence-corrected chi connectivity index (χ2v) is 8.41. The number of rotatable bonds is 2. The van der Waals surface area contributed by atoms with Gasteiger partial charge in [0.05, 0.1) is 4.90 Å². The van der Waals surface area contributed by atoms with Crippen LogP contribution in [0.2, 0.25) is 0 Å². The lowest BCUT2D eigenvalue weighted by Gasteiger charge is -2.24. The average Bonchev–Trinajstić information content (AvgIpc) is 2.77.